The van der Waals surface area contributed by atoms with Gasteiger partial charge in [-0.25, -0.2) is 0 Å². The number of rotatable bonds is 10. The van der Waals surface area contributed by atoms with E-state index in [1.165, 1.54) is 4.90 Å². The van der Waals surface area contributed by atoms with Crippen molar-refractivity contribution in [3.63, 3.8) is 0 Å². The summed E-state index contributed by atoms with van der Waals surface area (Å²) < 4.78 is 1.33. The van der Waals surface area contributed by atoms with Gasteiger partial charge in [-0.05, 0) is 72.3 Å². The lowest BCUT2D eigenvalue weighted by Crippen LogP contribution is -2.50. The molecule has 0 saturated heterocycles. The number of primary amides is 1. The van der Waals surface area contributed by atoms with E-state index in [-0.39, 0.29) is 37.1 Å². The molecule has 4 aromatic carbocycles. The summed E-state index contributed by atoms with van der Waals surface area (Å²) in [5.41, 5.74) is 21.9. The Hall–Kier alpha value is -3.66. The monoisotopic (exact) mass is 697 g/mol. The van der Waals surface area contributed by atoms with Gasteiger partial charge >= 0.3 is 0 Å². The molecular weight excluding hydrogens is 670 g/mol. The Labute approximate surface area is 262 Å². The number of halogens is 3. The number of benzene rings is 4. The molecule has 2 amide bonds. The van der Waals surface area contributed by atoms with Crippen LogP contribution in [0.5, 0.6) is 0 Å². The summed E-state index contributed by atoms with van der Waals surface area (Å²) in [4.78, 5) is 29.2. The normalized spacial score (nSPS) is 11.4. The Bertz CT molecular complexity index is 1470. The SMILES string of the molecule is Cl.N=C(N)c1cccc(C[C@H](C(N)=O)N(Cc2cc(Br)c(N)c(Br)c2)C(=O)C(c2ccccc2)c2ccccc2)c1. The van der Waals surface area contributed by atoms with Crippen molar-refractivity contribution in [1.82, 2.24) is 4.90 Å². The molecule has 4 aromatic rings. The molecule has 4 rings (SSSR count). The fourth-order valence-corrected chi connectivity index (χ4v) is 5.94. The van der Waals surface area contributed by atoms with Gasteiger partial charge in [-0.3, -0.25) is 15.0 Å². The molecule has 0 unspecified atom stereocenters. The molecule has 212 valence electrons. The Morgan fingerprint density at radius 1 is 0.780 bits per heavy atom. The average molecular weight is 700 g/mol. The Morgan fingerprint density at radius 3 is 1.80 bits per heavy atom. The van der Waals surface area contributed by atoms with Crippen molar-refractivity contribution in [3.05, 3.63) is 134 Å². The highest BCUT2D eigenvalue weighted by Crippen LogP contribution is 2.33. The second kappa shape index (κ2) is 14.3. The van der Waals surface area contributed by atoms with Gasteiger partial charge in [0.25, 0.3) is 0 Å². The maximum atomic E-state index is 14.6. The number of nitrogens with two attached hydrogens (primary N) is 3. The van der Waals surface area contributed by atoms with E-state index in [1.54, 1.807) is 18.2 Å². The van der Waals surface area contributed by atoms with Gasteiger partial charge in [0.05, 0.1) is 11.6 Å². The van der Waals surface area contributed by atoms with Crippen LogP contribution in [0, 0.1) is 5.41 Å². The van der Waals surface area contributed by atoms with Crippen molar-refractivity contribution in [2.24, 2.45) is 11.5 Å². The molecular formula is C31H30Br2ClN5O2. The number of nitrogens with zero attached hydrogens (tertiary/aromatic N) is 1. The van der Waals surface area contributed by atoms with Crippen LogP contribution in [0.1, 0.15) is 33.7 Å². The molecule has 0 aliphatic heterocycles. The summed E-state index contributed by atoms with van der Waals surface area (Å²) in [5, 5.41) is 7.81. The van der Waals surface area contributed by atoms with Crippen LogP contribution in [-0.2, 0) is 22.6 Å². The molecule has 0 bridgehead atoms. The lowest BCUT2D eigenvalue weighted by molar-refractivity contribution is -0.140. The van der Waals surface area contributed by atoms with Gasteiger partial charge in [-0.2, -0.15) is 0 Å². The van der Waals surface area contributed by atoms with Crippen LogP contribution in [-0.4, -0.2) is 28.6 Å². The molecule has 0 aliphatic rings. The van der Waals surface area contributed by atoms with E-state index >= 15 is 0 Å². The van der Waals surface area contributed by atoms with E-state index in [0.717, 1.165) is 22.3 Å². The standard InChI is InChI=1S/C31H29Br2N5O2.ClH/c32-24-15-20(16-25(33)28(24)34)18-38(26(30(37)39)17-19-8-7-13-23(14-19)29(35)36)31(40)27(21-9-3-1-4-10-21)22-11-5-2-6-12-22;/h1-16,26-27H,17-18,34H2,(H3,35,36)(H2,37,39);1H/t26-;/m1./s1. The average Bonchev–Trinajstić information content (AvgIpc) is 2.94. The largest absolute Gasteiger partial charge is 0.397 e. The second-order valence-corrected chi connectivity index (χ2v) is 11.1. The number of hydrogen-bond donors (Lipinski definition) is 4. The maximum absolute atomic E-state index is 14.6. The number of anilines is 1. The van der Waals surface area contributed by atoms with E-state index in [4.69, 9.17) is 22.6 Å². The van der Waals surface area contributed by atoms with Crippen LogP contribution in [0.15, 0.2) is 106 Å². The molecule has 0 spiro atoms. The fraction of sp³-hybridized carbons (Fsp3) is 0.129. The predicted octanol–water partition coefficient (Wildman–Crippen LogP) is 5.76. The molecule has 7 nitrogen and oxygen atoms in total. The summed E-state index contributed by atoms with van der Waals surface area (Å²) in [6, 6.07) is 28.7. The van der Waals surface area contributed by atoms with Crippen LogP contribution >= 0.6 is 44.3 Å². The number of nitrogen functional groups attached to an aromatic ring is 2. The number of hydrogen-bond acceptors (Lipinski definition) is 4. The van der Waals surface area contributed by atoms with Crippen molar-refractivity contribution < 1.29 is 9.59 Å². The predicted molar refractivity (Wildman–Crippen MR) is 173 cm³/mol. The van der Waals surface area contributed by atoms with Gasteiger partial charge in [0, 0.05) is 27.5 Å². The third-order valence-corrected chi connectivity index (χ3v) is 7.97. The van der Waals surface area contributed by atoms with Crippen molar-refractivity contribution in [2.45, 2.75) is 24.9 Å². The van der Waals surface area contributed by atoms with Crippen LogP contribution in [0.3, 0.4) is 0 Å². The van der Waals surface area contributed by atoms with E-state index < -0.39 is 17.9 Å². The zero-order chi connectivity index (χ0) is 28.8. The highest BCUT2D eigenvalue weighted by atomic mass is 79.9. The molecule has 0 aliphatic carbocycles. The van der Waals surface area contributed by atoms with E-state index in [1.807, 2.05) is 78.9 Å². The third kappa shape index (κ3) is 7.75. The van der Waals surface area contributed by atoms with Crippen molar-refractivity contribution in [1.29, 1.82) is 5.41 Å². The minimum atomic E-state index is -0.986. The van der Waals surface area contributed by atoms with Crippen molar-refractivity contribution >= 4 is 67.6 Å². The van der Waals surface area contributed by atoms with Gasteiger partial charge in [-0.15, -0.1) is 12.4 Å². The molecule has 0 heterocycles. The summed E-state index contributed by atoms with van der Waals surface area (Å²) in [5.74, 6) is -1.67. The van der Waals surface area contributed by atoms with Crippen molar-refractivity contribution in [2.75, 3.05) is 5.73 Å². The number of amidine groups is 1. The molecule has 0 aromatic heterocycles. The lowest BCUT2D eigenvalue weighted by atomic mass is 9.88. The van der Waals surface area contributed by atoms with Crippen LogP contribution in [0.25, 0.3) is 0 Å². The summed E-state index contributed by atoms with van der Waals surface area (Å²) >= 11 is 6.97. The molecule has 1 atom stereocenters. The first-order valence-corrected chi connectivity index (χ1v) is 14.1. The molecule has 0 radical (unpaired) electrons. The number of amides is 2. The minimum absolute atomic E-state index is 0. The number of carbonyl (C=O) groups is 2. The second-order valence-electron chi connectivity index (χ2n) is 9.43. The first kappa shape index (κ1) is 31.9. The first-order chi connectivity index (χ1) is 19.2. The quantitative estimate of drug-likeness (QED) is 0.0951. The lowest BCUT2D eigenvalue weighted by Gasteiger charge is -2.34. The van der Waals surface area contributed by atoms with Gasteiger partial charge in [0.15, 0.2) is 0 Å². The van der Waals surface area contributed by atoms with Crippen molar-refractivity contribution in [3.8, 4) is 0 Å². The first-order valence-electron chi connectivity index (χ1n) is 12.5. The minimum Gasteiger partial charge on any atom is -0.397 e. The molecule has 0 saturated carbocycles. The van der Waals surface area contributed by atoms with E-state index in [2.05, 4.69) is 31.9 Å². The van der Waals surface area contributed by atoms with Crippen LogP contribution in [0.4, 0.5) is 5.69 Å². The molecule has 10 heteroatoms. The third-order valence-electron chi connectivity index (χ3n) is 6.66. The molecule has 41 heavy (non-hydrogen) atoms. The van der Waals surface area contributed by atoms with E-state index in [9.17, 15) is 9.59 Å². The zero-order valence-corrected chi connectivity index (χ0v) is 26.0. The van der Waals surface area contributed by atoms with E-state index in [0.29, 0.717) is 20.2 Å². The van der Waals surface area contributed by atoms with Crippen LogP contribution < -0.4 is 17.2 Å². The summed E-state index contributed by atoms with van der Waals surface area (Å²) in [7, 11) is 0. The fourth-order valence-electron chi connectivity index (χ4n) is 4.65. The summed E-state index contributed by atoms with van der Waals surface area (Å²) in [6.45, 7) is 0.104. The Kier molecular flexibility index (Phi) is 11.1. The number of nitrogens with one attached hydrogen (secondary N) is 1. The molecule has 7 N–H and O–H groups in total. The summed E-state index contributed by atoms with van der Waals surface area (Å²) in [6.07, 6.45) is 0.149. The topological polar surface area (TPSA) is 139 Å². The highest BCUT2D eigenvalue weighted by molar-refractivity contribution is 9.11. The maximum Gasteiger partial charge on any atom is 0.240 e. The van der Waals surface area contributed by atoms with Gasteiger partial charge in [0.2, 0.25) is 11.8 Å². The Balaban J connectivity index is 0.00000462. The number of carbonyl (C=O) groups excluding carboxylic acids is 2. The van der Waals surface area contributed by atoms with Gasteiger partial charge in [0.1, 0.15) is 11.9 Å². The Morgan fingerprint density at radius 2 is 1.32 bits per heavy atom. The molecule has 0 fully saturated rings. The highest BCUT2D eigenvalue weighted by Gasteiger charge is 2.35. The van der Waals surface area contributed by atoms with Gasteiger partial charge < -0.3 is 22.1 Å². The van der Waals surface area contributed by atoms with Gasteiger partial charge in [-0.1, -0.05) is 78.9 Å². The van der Waals surface area contributed by atoms with Crippen LogP contribution in [0.2, 0.25) is 0 Å². The zero-order valence-electron chi connectivity index (χ0n) is 22.0. The smallest absolute Gasteiger partial charge is 0.240 e.